The second kappa shape index (κ2) is 5.80. The molecule has 0 saturated carbocycles. The molecule has 0 bridgehead atoms. The van der Waals surface area contributed by atoms with Crippen LogP contribution in [0.2, 0.25) is 0 Å². The second-order valence-corrected chi connectivity index (χ2v) is 5.08. The van der Waals surface area contributed by atoms with Gasteiger partial charge in [-0.2, -0.15) is 0 Å². The van der Waals surface area contributed by atoms with E-state index >= 15 is 0 Å². The molecule has 1 atom stereocenters. The predicted octanol–water partition coefficient (Wildman–Crippen LogP) is 1.61. The van der Waals surface area contributed by atoms with Gasteiger partial charge in [-0.25, -0.2) is 5.48 Å². The normalized spacial score (nSPS) is 13.2. The van der Waals surface area contributed by atoms with Crippen molar-refractivity contribution >= 4 is 5.91 Å². The van der Waals surface area contributed by atoms with E-state index in [2.05, 4.69) is 5.48 Å². The summed E-state index contributed by atoms with van der Waals surface area (Å²) in [6, 6.07) is 9.03. The summed E-state index contributed by atoms with van der Waals surface area (Å²) >= 11 is 0. The highest BCUT2D eigenvalue weighted by molar-refractivity contribution is 5.81. The molecule has 0 aliphatic carbocycles. The molecule has 1 rings (SSSR count). The number of hydrogen-bond donors (Lipinski definition) is 2. The largest absolute Gasteiger partial charge is 0.319 e. The zero-order chi connectivity index (χ0) is 12.9. The third-order valence-corrected chi connectivity index (χ3v) is 2.47. The Morgan fingerprint density at radius 1 is 1.35 bits per heavy atom. The van der Waals surface area contributed by atoms with Gasteiger partial charge in [-0.15, -0.1) is 0 Å². The molecule has 1 aromatic carbocycles. The molecule has 0 aliphatic rings. The Balaban J connectivity index is 2.35. The van der Waals surface area contributed by atoms with E-state index < -0.39 is 6.04 Å². The van der Waals surface area contributed by atoms with Gasteiger partial charge < -0.3 is 5.73 Å². The van der Waals surface area contributed by atoms with Gasteiger partial charge >= 0.3 is 0 Å². The molecule has 4 nitrogen and oxygen atoms in total. The fraction of sp³-hybridized carbons (Fsp3) is 0.462. The molecule has 0 spiro atoms. The van der Waals surface area contributed by atoms with Crippen LogP contribution in [0.1, 0.15) is 26.3 Å². The number of hydrogen-bond acceptors (Lipinski definition) is 3. The monoisotopic (exact) mass is 236 g/mol. The molecule has 3 N–H and O–H groups in total. The van der Waals surface area contributed by atoms with Gasteiger partial charge in [0.25, 0.3) is 5.91 Å². The summed E-state index contributed by atoms with van der Waals surface area (Å²) in [5.41, 5.74) is 8.87. The Morgan fingerprint density at radius 2 is 1.94 bits per heavy atom. The molecule has 1 amide bonds. The van der Waals surface area contributed by atoms with Crippen molar-refractivity contribution in [3.63, 3.8) is 0 Å². The van der Waals surface area contributed by atoms with Crippen LogP contribution in [-0.2, 0) is 16.2 Å². The first-order chi connectivity index (χ1) is 7.91. The highest BCUT2D eigenvalue weighted by atomic mass is 16.6. The maximum Gasteiger partial charge on any atom is 0.260 e. The van der Waals surface area contributed by atoms with E-state index in [1.807, 2.05) is 51.1 Å². The second-order valence-electron chi connectivity index (χ2n) is 5.08. The Bertz CT molecular complexity index is 357. The Morgan fingerprint density at radius 3 is 2.47 bits per heavy atom. The van der Waals surface area contributed by atoms with E-state index in [1.165, 1.54) is 0 Å². The minimum Gasteiger partial charge on any atom is -0.319 e. The molecule has 0 heterocycles. The third-order valence-electron chi connectivity index (χ3n) is 2.47. The Hall–Kier alpha value is -1.39. The molecular formula is C13H20N2O2. The lowest BCUT2D eigenvalue weighted by atomic mass is 9.87. The Labute approximate surface area is 102 Å². The summed E-state index contributed by atoms with van der Waals surface area (Å²) in [5.74, 6) is -0.298. The molecule has 0 unspecified atom stereocenters. The number of nitrogens with one attached hydrogen (secondary N) is 1. The molecule has 0 saturated heterocycles. The van der Waals surface area contributed by atoms with Gasteiger partial charge in [-0.1, -0.05) is 51.1 Å². The summed E-state index contributed by atoms with van der Waals surface area (Å²) in [6.07, 6.45) is 0. The van der Waals surface area contributed by atoms with Crippen molar-refractivity contribution in [2.45, 2.75) is 33.4 Å². The first kappa shape index (κ1) is 13.7. The van der Waals surface area contributed by atoms with Crippen LogP contribution in [0.5, 0.6) is 0 Å². The number of amides is 1. The van der Waals surface area contributed by atoms with Crippen LogP contribution in [-0.4, -0.2) is 11.9 Å². The van der Waals surface area contributed by atoms with Crippen LogP contribution >= 0.6 is 0 Å². The van der Waals surface area contributed by atoms with Crippen molar-refractivity contribution in [3.05, 3.63) is 35.9 Å². The smallest absolute Gasteiger partial charge is 0.260 e. The average molecular weight is 236 g/mol. The minimum absolute atomic E-state index is 0.278. The molecular weight excluding hydrogens is 216 g/mol. The van der Waals surface area contributed by atoms with Crippen LogP contribution in [0.3, 0.4) is 0 Å². The number of benzene rings is 1. The van der Waals surface area contributed by atoms with E-state index in [0.717, 1.165) is 5.56 Å². The average Bonchev–Trinajstić information content (AvgIpc) is 2.28. The van der Waals surface area contributed by atoms with E-state index in [9.17, 15) is 4.79 Å². The Kier molecular flexibility index (Phi) is 4.66. The fourth-order valence-electron chi connectivity index (χ4n) is 1.22. The maximum atomic E-state index is 11.6. The number of carbonyl (C=O) groups excluding carboxylic acids is 1. The van der Waals surface area contributed by atoms with E-state index in [1.54, 1.807) is 0 Å². The molecule has 94 valence electrons. The van der Waals surface area contributed by atoms with Crippen molar-refractivity contribution in [1.29, 1.82) is 0 Å². The van der Waals surface area contributed by atoms with Gasteiger partial charge in [0, 0.05) is 0 Å². The SMILES string of the molecule is CC(C)(C)[C@H](N)C(=O)NOCc1ccccc1. The highest BCUT2D eigenvalue weighted by Crippen LogP contribution is 2.17. The van der Waals surface area contributed by atoms with Gasteiger partial charge in [0.15, 0.2) is 0 Å². The van der Waals surface area contributed by atoms with Crippen molar-refractivity contribution in [2.24, 2.45) is 11.1 Å². The van der Waals surface area contributed by atoms with Crippen LogP contribution in [0.15, 0.2) is 30.3 Å². The molecule has 1 aromatic rings. The van der Waals surface area contributed by atoms with Crippen molar-refractivity contribution < 1.29 is 9.63 Å². The summed E-state index contributed by atoms with van der Waals surface area (Å²) in [6.45, 7) is 6.07. The first-order valence-electron chi connectivity index (χ1n) is 5.62. The van der Waals surface area contributed by atoms with E-state index in [0.29, 0.717) is 6.61 Å². The zero-order valence-electron chi connectivity index (χ0n) is 10.6. The van der Waals surface area contributed by atoms with E-state index in [4.69, 9.17) is 10.6 Å². The number of nitrogens with two attached hydrogens (primary N) is 1. The lowest BCUT2D eigenvalue weighted by molar-refractivity contribution is -0.138. The summed E-state index contributed by atoms with van der Waals surface area (Å²) in [4.78, 5) is 16.7. The van der Waals surface area contributed by atoms with Gasteiger partial charge in [0.2, 0.25) is 0 Å². The predicted molar refractivity (Wildman–Crippen MR) is 66.8 cm³/mol. The van der Waals surface area contributed by atoms with Crippen LogP contribution < -0.4 is 11.2 Å². The highest BCUT2D eigenvalue weighted by Gasteiger charge is 2.27. The van der Waals surface area contributed by atoms with Crippen LogP contribution in [0, 0.1) is 5.41 Å². The zero-order valence-corrected chi connectivity index (χ0v) is 10.6. The maximum absolute atomic E-state index is 11.6. The lowest BCUT2D eigenvalue weighted by Gasteiger charge is -2.25. The lowest BCUT2D eigenvalue weighted by Crippen LogP contribution is -2.48. The number of rotatable bonds is 4. The standard InChI is InChI=1S/C13H20N2O2/c1-13(2,3)11(14)12(16)15-17-9-10-7-5-4-6-8-10/h4-8,11H,9,14H2,1-3H3,(H,15,16)/t11-/m1/s1. The molecule has 0 aliphatic heterocycles. The molecule has 0 radical (unpaired) electrons. The summed E-state index contributed by atoms with van der Waals surface area (Å²) in [5, 5.41) is 0. The van der Waals surface area contributed by atoms with Gasteiger partial charge in [0.1, 0.15) is 0 Å². The topological polar surface area (TPSA) is 64.4 Å². The summed E-state index contributed by atoms with van der Waals surface area (Å²) < 4.78 is 0. The van der Waals surface area contributed by atoms with Gasteiger partial charge in [0.05, 0.1) is 12.6 Å². The van der Waals surface area contributed by atoms with Crippen molar-refractivity contribution in [3.8, 4) is 0 Å². The van der Waals surface area contributed by atoms with Gasteiger partial charge in [-0.05, 0) is 11.0 Å². The minimum atomic E-state index is -0.585. The van der Waals surface area contributed by atoms with Crippen molar-refractivity contribution in [1.82, 2.24) is 5.48 Å². The van der Waals surface area contributed by atoms with Crippen LogP contribution in [0.4, 0.5) is 0 Å². The molecule has 4 heteroatoms. The first-order valence-corrected chi connectivity index (χ1v) is 5.62. The third kappa shape index (κ3) is 4.54. The quantitative estimate of drug-likeness (QED) is 0.781. The number of hydroxylamine groups is 1. The molecule has 17 heavy (non-hydrogen) atoms. The van der Waals surface area contributed by atoms with E-state index in [-0.39, 0.29) is 11.3 Å². The summed E-state index contributed by atoms with van der Waals surface area (Å²) in [7, 11) is 0. The molecule has 0 fully saturated rings. The van der Waals surface area contributed by atoms with Crippen molar-refractivity contribution in [2.75, 3.05) is 0 Å². The number of carbonyl (C=O) groups is 1. The van der Waals surface area contributed by atoms with Crippen LogP contribution in [0.25, 0.3) is 0 Å². The molecule has 0 aromatic heterocycles. The fourth-order valence-corrected chi connectivity index (χ4v) is 1.22. The van der Waals surface area contributed by atoms with Gasteiger partial charge in [-0.3, -0.25) is 9.63 Å².